The molecular formula is C26H23N3O. The average Bonchev–Trinajstić information content (AvgIpc) is 3.35. The van der Waals surface area contributed by atoms with Crippen LogP contribution in [-0.4, -0.2) is 15.9 Å². The molecule has 0 atom stereocenters. The minimum Gasteiger partial charge on any atom is -0.326 e. The van der Waals surface area contributed by atoms with Gasteiger partial charge in [0.15, 0.2) is 0 Å². The molecule has 5 rings (SSSR count). The summed E-state index contributed by atoms with van der Waals surface area (Å²) in [6, 6.07) is 26.0. The van der Waals surface area contributed by atoms with Gasteiger partial charge in [0.2, 0.25) is 5.91 Å². The van der Waals surface area contributed by atoms with Gasteiger partial charge in [-0.2, -0.15) is 0 Å². The van der Waals surface area contributed by atoms with Gasteiger partial charge in [-0.1, -0.05) is 73.5 Å². The van der Waals surface area contributed by atoms with E-state index in [1.165, 1.54) is 0 Å². The summed E-state index contributed by atoms with van der Waals surface area (Å²) in [6.07, 6.45) is 4.25. The molecule has 1 heterocycles. The molecule has 4 nitrogen and oxygen atoms in total. The Labute approximate surface area is 176 Å². The Bertz CT molecular complexity index is 1180. The van der Waals surface area contributed by atoms with Crippen LogP contribution in [0.2, 0.25) is 0 Å². The first-order valence-corrected chi connectivity index (χ1v) is 10.5. The number of benzene rings is 3. The van der Waals surface area contributed by atoms with Gasteiger partial charge in [0.25, 0.3) is 0 Å². The van der Waals surface area contributed by atoms with Gasteiger partial charge in [0, 0.05) is 22.7 Å². The minimum atomic E-state index is 0.115. The first-order valence-electron chi connectivity index (χ1n) is 10.5. The fourth-order valence-corrected chi connectivity index (χ4v) is 4.16. The predicted molar refractivity (Wildman–Crippen MR) is 121 cm³/mol. The van der Waals surface area contributed by atoms with E-state index in [9.17, 15) is 4.79 Å². The Kier molecular flexibility index (Phi) is 4.98. The Morgan fingerprint density at radius 3 is 1.90 bits per heavy atom. The zero-order chi connectivity index (χ0) is 20.3. The van der Waals surface area contributed by atoms with E-state index < -0.39 is 0 Å². The number of hydrogen-bond donors (Lipinski definition) is 1. The van der Waals surface area contributed by atoms with E-state index in [1.54, 1.807) is 0 Å². The molecule has 1 aromatic heterocycles. The van der Waals surface area contributed by atoms with Crippen LogP contribution < -0.4 is 5.32 Å². The van der Waals surface area contributed by atoms with Gasteiger partial charge in [0.05, 0.1) is 22.4 Å². The number of amides is 1. The molecule has 148 valence electrons. The molecule has 4 aromatic rings. The summed E-state index contributed by atoms with van der Waals surface area (Å²) < 4.78 is 0. The number of anilines is 1. The molecule has 1 N–H and O–H groups in total. The average molecular weight is 393 g/mol. The van der Waals surface area contributed by atoms with Crippen molar-refractivity contribution in [1.29, 1.82) is 0 Å². The number of aromatic nitrogens is 2. The molecule has 0 radical (unpaired) electrons. The Morgan fingerprint density at radius 1 is 0.733 bits per heavy atom. The summed E-state index contributed by atoms with van der Waals surface area (Å²) in [6.45, 7) is 0. The zero-order valence-corrected chi connectivity index (χ0v) is 16.7. The van der Waals surface area contributed by atoms with Crippen molar-refractivity contribution in [2.75, 3.05) is 5.32 Å². The highest BCUT2D eigenvalue weighted by Crippen LogP contribution is 2.32. The standard InChI is InChI=1S/C26H23N3O/c30-26(20-13-7-8-14-20)27-21-15-16-22-23(17-21)29-25(19-11-5-2-6-12-19)24(28-22)18-9-3-1-4-10-18/h1-6,9-12,15-17,20H,7-8,13-14H2,(H,27,30). The smallest absolute Gasteiger partial charge is 0.227 e. The summed E-state index contributed by atoms with van der Waals surface area (Å²) >= 11 is 0. The van der Waals surface area contributed by atoms with Crippen molar-refractivity contribution in [3.05, 3.63) is 78.9 Å². The maximum atomic E-state index is 12.5. The van der Waals surface area contributed by atoms with Crippen LogP contribution >= 0.6 is 0 Å². The highest BCUT2D eigenvalue weighted by molar-refractivity contribution is 5.95. The maximum absolute atomic E-state index is 12.5. The molecule has 1 aliphatic carbocycles. The first kappa shape index (κ1) is 18.5. The van der Waals surface area contributed by atoms with E-state index in [0.717, 1.165) is 64.9 Å². The zero-order valence-electron chi connectivity index (χ0n) is 16.7. The van der Waals surface area contributed by atoms with Crippen molar-refractivity contribution < 1.29 is 4.79 Å². The van der Waals surface area contributed by atoms with Crippen molar-refractivity contribution in [3.8, 4) is 22.5 Å². The molecule has 1 fully saturated rings. The fourth-order valence-electron chi connectivity index (χ4n) is 4.16. The van der Waals surface area contributed by atoms with Gasteiger partial charge in [-0.15, -0.1) is 0 Å². The summed E-state index contributed by atoms with van der Waals surface area (Å²) in [5, 5.41) is 3.07. The lowest BCUT2D eigenvalue weighted by atomic mass is 10.0. The van der Waals surface area contributed by atoms with Gasteiger partial charge < -0.3 is 5.32 Å². The monoisotopic (exact) mass is 393 g/mol. The van der Waals surface area contributed by atoms with Crippen LogP contribution in [0.1, 0.15) is 25.7 Å². The number of carbonyl (C=O) groups is 1. The van der Waals surface area contributed by atoms with Crippen molar-refractivity contribution >= 4 is 22.6 Å². The maximum Gasteiger partial charge on any atom is 0.227 e. The van der Waals surface area contributed by atoms with Crippen LogP contribution in [0.15, 0.2) is 78.9 Å². The second kappa shape index (κ2) is 8.07. The van der Waals surface area contributed by atoms with Crippen molar-refractivity contribution in [2.45, 2.75) is 25.7 Å². The van der Waals surface area contributed by atoms with E-state index in [-0.39, 0.29) is 11.8 Å². The van der Waals surface area contributed by atoms with Crippen LogP contribution in [0, 0.1) is 5.92 Å². The normalized spacial score (nSPS) is 14.1. The van der Waals surface area contributed by atoms with Crippen molar-refractivity contribution in [1.82, 2.24) is 9.97 Å². The molecule has 1 amide bonds. The summed E-state index contributed by atoms with van der Waals surface area (Å²) in [7, 11) is 0. The topological polar surface area (TPSA) is 54.9 Å². The van der Waals surface area contributed by atoms with Gasteiger partial charge >= 0.3 is 0 Å². The van der Waals surface area contributed by atoms with Crippen LogP contribution in [-0.2, 0) is 4.79 Å². The molecule has 0 unspecified atom stereocenters. The molecule has 1 saturated carbocycles. The number of fused-ring (bicyclic) bond motifs is 1. The summed E-state index contributed by atoms with van der Waals surface area (Å²) in [4.78, 5) is 22.4. The number of rotatable bonds is 4. The van der Waals surface area contributed by atoms with Gasteiger partial charge in [-0.05, 0) is 31.0 Å². The van der Waals surface area contributed by atoms with Gasteiger partial charge in [-0.3, -0.25) is 4.79 Å². The summed E-state index contributed by atoms with van der Waals surface area (Å²) in [5.74, 6) is 0.246. The SMILES string of the molecule is O=C(Nc1ccc2nc(-c3ccccc3)c(-c3ccccc3)nc2c1)C1CCCC1. The van der Waals surface area contributed by atoms with Crippen molar-refractivity contribution in [3.63, 3.8) is 0 Å². The molecular weight excluding hydrogens is 370 g/mol. The lowest BCUT2D eigenvalue weighted by Crippen LogP contribution is -2.20. The third-order valence-electron chi connectivity index (χ3n) is 5.75. The van der Waals surface area contributed by atoms with E-state index in [2.05, 4.69) is 17.4 Å². The molecule has 1 aliphatic rings. The third-order valence-corrected chi connectivity index (χ3v) is 5.75. The Balaban J connectivity index is 1.58. The first-order chi connectivity index (χ1) is 14.8. The third kappa shape index (κ3) is 3.69. The Morgan fingerprint density at radius 2 is 1.30 bits per heavy atom. The largest absolute Gasteiger partial charge is 0.326 e. The highest BCUT2D eigenvalue weighted by atomic mass is 16.1. The lowest BCUT2D eigenvalue weighted by molar-refractivity contribution is -0.119. The molecule has 0 spiro atoms. The van der Waals surface area contributed by atoms with E-state index in [4.69, 9.17) is 9.97 Å². The quantitative estimate of drug-likeness (QED) is 0.456. The van der Waals surface area contributed by atoms with Crippen LogP contribution in [0.4, 0.5) is 5.69 Å². The number of hydrogen-bond acceptors (Lipinski definition) is 3. The molecule has 4 heteroatoms. The second-order valence-corrected chi connectivity index (χ2v) is 7.83. The lowest BCUT2D eigenvalue weighted by Gasteiger charge is -2.13. The highest BCUT2D eigenvalue weighted by Gasteiger charge is 2.22. The van der Waals surface area contributed by atoms with E-state index in [1.807, 2.05) is 66.7 Å². The number of nitrogens with zero attached hydrogens (tertiary/aromatic N) is 2. The van der Waals surface area contributed by atoms with E-state index in [0.29, 0.717) is 0 Å². The fraction of sp³-hybridized carbons (Fsp3) is 0.192. The molecule has 0 bridgehead atoms. The van der Waals surface area contributed by atoms with Crippen molar-refractivity contribution in [2.24, 2.45) is 5.92 Å². The summed E-state index contributed by atoms with van der Waals surface area (Å²) in [5.41, 5.74) is 6.12. The molecule has 0 saturated heterocycles. The molecule has 0 aliphatic heterocycles. The van der Waals surface area contributed by atoms with Gasteiger partial charge in [-0.25, -0.2) is 9.97 Å². The molecule has 30 heavy (non-hydrogen) atoms. The predicted octanol–water partition coefficient (Wildman–Crippen LogP) is 6.09. The van der Waals surface area contributed by atoms with E-state index >= 15 is 0 Å². The Hall–Kier alpha value is -3.53. The van der Waals surface area contributed by atoms with Crippen LogP contribution in [0.3, 0.4) is 0 Å². The van der Waals surface area contributed by atoms with Crippen LogP contribution in [0.5, 0.6) is 0 Å². The minimum absolute atomic E-state index is 0.115. The number of carbonyl (C=O) groups excluding carboxylic acids is 1. The number of nitrogens with one attached hydrogen (secondary N) is 1. The second-order valence-electron chi connectivity index (χ2n) is 7.83. The molecule has 3 aromatic carbocycles. The van der Waals surface area contributed by atoms with Gasteiger partial charge in [0.1, 0.15) is 0 Å². The van der Waals surface area contributed by atoms with Crippen LogP contribution in [0.25, 0.3) is 33.5 Å².